The van der Waals surface area contributed by atoms with Gasteiger partial charge in [0.1, 0.15) is 13.2 Å². The number of aromatic nitrogens is 2. The maximum absolute atomic E-state index is 13.5. The first kappa shape index (κ1) is 20.5. The van der Waals surface area contributed by atoms with E-state index in [1.54, 1.807) is 28.7 Å². The highest BCUT2D eigenvalue weighted by atomic mass is 32.2. The molecule has 9 heteroatoms. The fourth-order valence-corrected chi connectivity index (χ4v) is 6.61. The normalized spacial score (nSPS) is 24.4. The third-order valence-corrected chi connectivity index (χ3v) is 8.35. The third-order valence-electron chi connectivity index (χ3n) is 6.50. The number of rotatable bonds is 3. The van der Waals surface area contributed by atoms with Crippen molar-refractivity contribution in [3.8, 4) is 11.5 Å². The van der Waals surface area contributed by atoms with Crippen molar-refractivity contribution in [1.82, 2.24) is 14.3 Å². The Morgan fingerprint density at radius 1 is 1.00 bits per heavy atom. The van der Waals surface area contributed by atoms with Crippen LogP contribution in [0.4, 0.5) is 5.95 Å². The lowest BCUT2D eigenvalue weighted by atomic mass is 9.74. The molecule has 2 fully saturated rings. The molecule has 31 heavy (non-hydrogen) atoms. The van der Waals surface area contributed by atoms with Crippen LogP contribution in [0.1, 0.15) is 31.4 Å². The molecule has 8 nitrogen and oxygen atoms in total. The predicted octanol–water partition coefficient (Wildman–Crippen LogP) is 2.63. The summed E-state index contributed by atoms with van der Waals surface area (Å²) >= 11 is 0. The number of sulfonamides is 1. The zero-order valence-corrected chi connectivity index (χ0v) is 18.6. The van der Waals surface area contributed by atoms with Crippen molar-refractivity contribution in [2.24, 2.45) is 5.41 Å². The number of hydrogen-bond donors (Lipinski definition) is 0. The van der Waals surface area contributed by atoms with Crippen molar-refractivity contribution >= 4 is 16.0 Å². The average Bonchev–Trinajstić information content (AvgIpc) is 2.79. The lowest BCUT2D eigenvalue weighted by Gasteiger charge is -2.48. The maximum Gasteiger partial charge on any atom is 0.243 e. The summed E-state index contributed by atoms with van der Waals surface area (Å²) in [7, 11) is -3.61. The Kier molecular flexibility index (Phi) is 5.26. The Balaban J connectivity index is 1.38. The number of anilines is 1. The van der Waals surface area contributed by atoms with E-state index in [2.05, 4.69) is 14.9 Å². The van der Waals surface area contributed by atoms with Crippen molar-refractivity contribution in [2.75, 3.05) is 44.3 Å². The first-order chi connectivity index (χ1) is 15.0. The summed E-state index contributed by atoms with van der Waals surface area (Å²) in [6, 6.07) is 6.81. The average molecular weight is 445 g/mol. The molecular weight excluding hydrogens is 416 g/mol. The van der Waals surface area contributed by atoms with Crippen LogP contribution in [0.2, 0.25) is 0 Å². The molecule has 3 aliphatic heterocycles. The van der Waals surface area contributed by atoms with Crippen LogP contribution in [0, 0.1) is 12.3 Å². The number of aryl methyl sites for hydroxylation is 1. The zero-order chi connectivity index (χ0) is 21.5. The van der Waals surface area contributed by atoms with Gasteiger partial charge in [-0.1, -0.05) is 0 Å². The van der Waals surface area contributed by atoms with E-state index in [4.69, 9.17) is 9.47 Å². The van der Waals surface area contributed by atoms with Crippen LogP contribution in [0.15, 0.2) is 35.4 Å². The highest BCUT2D eigenvalue weighted by molar-refractivity contribution is 7.89. The summed E-state index contributed by atoms with van der Waals surface area (Å²) in [4.78, 5) is 11.5. The Bertz CT molecular complexity index is 1070. The Morgan fingerprint density at radius 2 is 1.77 bits per heavy atom. The van der Waals surface area contributed by atoms with E-state index < -0.39 is 10.0 Å². The van der Waals surface area contributed by atoms with Gasteiger partial charge in [-0.3, -0.25) is 0 Å². The second-order valence-electron chi connectivity index (χ2n) is 8.77. The monoisotopic (exact) mass is 444 g/mol. The van der Waals surface area contributed by atoms with Crippen molar-refractivity contribution in [3.63, 3.8) is 0 Å². The molecular formula is C22H28N4O4S. The van der Waals surface area contributed by atoms with Crippen LogP contribution in [0.25, 0.3) is 0 Å². The summed E-state index contributed by atoms with van der Waals surface area (Å²) in [5.41, 5.74) is 0.862. The summed E-state index contributed by atoms with van der Waals surface area (Å²) in [6.07, 6.45) is 5.69. The Morgan fingerprint density at radius 3 is 2.58 bits per heavy atom. The predicted molar refractivity (Wildman–Crippen MR) is 116 cm³/mol. The standard InChI is InChI=1S/C22H28N4O4S/c1-17-6-9-23-21(24-17)25-10-2-7-22(15-25)8-3-11-26(16-22)31(27,28)18-4-5-19-20(14-18)30-13-12-29-19/h4-6,9,14H,2-3,7-8,10-13,15-16H2,1H3. The van der Waals surface area contributed by atoms with Gasteiger partial charge in [0.25, 0.3) is 0 Å². The molecule has 1 aromatic heterocycles. The summed E-state index contributed by atoms with van der Waals surface area (Å²) < 4.78 is 39.8. The molecule has 0 amide bonds. The van der Waals surface area contributed by atoms with Crippen molar-refractivity contribution in [3.05, 3.63) is 36.2 Å². The van der Waals surface area contributed by atoms with Gasteiger partial charge in [-0.25, -0.2) is 18.4 Å². The van der Waals surface area contributed by atoms with Crippen LogP contribution < -0.4 is 14.4 Å². The zero-order valence-electron chi connectivity index (χ0n) is 17.8. The fraction of sp³-hybridized carbons (Fsp3) is 0.545. The Labute approximate surface area is 183 Å². The van der Waals surface area contributed by atoms with Gasteiger partial charge < -0.3 is 14.4 Å². The Hall–Kier alpha value is -2.39. The molecule has 1 atom stereocenters. The maximum atomic E-state index is 13.5. The van der Waals surface area contributed by atoms with Crippen molar-refractivity contribution < 1.29 is 17.9 Å². The topological polar surface area (TPSA) is 84.9 Å². The number of piperidine rings is 2. The molecule has 0 aliphatic carbocycles. The van der Waals surface area contributed by atoms with Crippen LogP contribution in [-0.4, -0.2) is 62.1 Å². The molecule has 5 rings (SSSR count). The van der Waals surface area contributed by atoms with Gasteiger partial charge in [0.05, 0.1) is 4.90 Å². The van der Waals surface area contributed by atoms with Crippen molar-refractivity contribution in [1.29, 1.82) is 0 Å². The number of nitrogens with zero attached hydrogens (tertiary/aromatic N) is 4. The minimum absolute atomic E-state index is 0.0789. The molecule has 1 spiro atoms. The summed E-state index contributed by atoms with van der Waals surface area (Å²) in [6.45, 7) is 5.62. The minimum atomic E-state index is -3.61. The van der Waals surface area contributed by atoms with Gasteiger partial charge in [0.2, 0.25) is 16.0 Å². The first-order valence-corrected chi connectivity index (χ1v) is 12.3. The number of fused-ring (bicyclic) bond motifs is 1. The highest BCUT2D eigenvalue weighted by Crippen LogP contribution is 2.41. The van der Waals surface area contributed by atoms with E-state index >= 15 is 0 Å². The molecule has 2 saturated heterocycles. The number of benzene rings is 1. The number of ether oxygens (including phenoxy) is 2. The van der Waals surface area contributed by atoms with Crippen LogP contribution in [0.3, 0.4) is 0 Å². The molecule has 1 unspecified atom stereocenters. The third kappa shape index (κ3) is 3.96. The van der Waals surface area contributed by atoms with E-state index in [1.807, 2.05) is 13.0 Å². The molecule has 0 bridgehead atoms. The van der Waals surface area contributed by atoms with Gasteiger partial charge in [-0.2, -0.15) is 4.31 Å². The second-order valence-corrected chi connectivity index (χ2v) is 10.7. The van der Waals surface area contributed by atoms with E-state index in [1.165, 1.54) is 0 Å². The lowest BCUT2D eigenvalue weighted by molar-refractivity contribution is 0.122. The van der Waals surface area contributed by atoms with Gasteiger partial charge in [0, 0.05) is 49.6 Å². The fourth-order valence-electron chi connectivity index (χ4n) is 5.00. The largest absolute Gasteiger partial charge is 0.486 e. The highest BCUT2D eigenvalue weighted by Gasteiger charge is 2.43. The number of hydrogen-bond acceptors (Lipinski definition) is 7. The van der Waals surface area contributed by atoms with Crippen LogP contribution in [-0.2, 0) is 10.0 Å². The molecule has 0 N–H and O–H groups in total. The lowest BCUT2D eigenvalue weighted by Crippen LogP contribution is -2.54. The minimum Gasteiger partial charge on any atom is -0.486 e. The van der Waals surface area contributed by atoms with E-state index in [0.717, 1.165) is 50.4 Å². The molecule has 166 valence electrons. The van der Waals surface area contributed by atoms with E-state index in [9.17, 15) is 8.42 Å². The van der Waals surface area contributed by atoms with Crippen LogP contribution in [0.5, 0.6) is 11.5 Å². The molecule has 1 aromatic carbocycles. The second kappa shape index (κ2) is 7.94. The van der Waals surface area contributed by atoms with Gasteiger partial charge in [-0.15, -0.1) is 0 Å². The van der Waals surface area contributed by atoms with Gasteiger partial charge in [0.15, 0.2) is 11.5 Å². The molecule has 3 aliphatic rings. The molecule has 0 radical (unpaired) electrons. The van der Waals surface area contributed by atoms with Gasteiger partial charge in [-0.05, 0) is 50.8 Å². The van der Waals surface area contributed by atoms with E-state index in [0.29, 0.717) is 37.8 Å². The quantitative estimate of drug-likeness (QED) is 0.719. The first-order valence-electron chi connectivity index (χ1n) is 10.9. The van der Waals surface area contributed by atoms with Crippen molar-refractivity contribution in [2.45, 2.75) is 37.5 Å². The molecule has 4 heterocycles. The molecule has 0 saturated carbocycles. The SMILES string of the molecule is Cc1ccnc(N2CCCC3(CCCN(S(=O)(=O)c4ccc5c(c4)OCCO5)C3)C2)n1. The summed E-state index contributed by atoms with van der Waals surface area (Å²) in [5.74, 6) is 1.84. The summed E-state index contributed by atoms with van der Waals surface area (Å²) in [5, 5.41) is 0. The van der Waals surface area contributed by atoms with E-state index in [-0.39, 0.29) is 10.3 Å². The van der Waals surface area contributed by atoms with Crippen LogP contribution >= 0.6 is 0 Å². The van der Waals surface area contributed by atoms with Gasteiger partial charge >= 0.3 is 0 Å². The smallest absolute Gasteiger partial charge is 0.243 e. The molecule has 2 aromatic rings.